The van der Waals surface area contributed by atoms with E-state index in [1.807, 2.05) is 0 Å². The third-order valence-electron chi connectivity index (χ3n) is 7.28. The van der Waals surface area contributed by atoms with Crippen LogP contribution in [0.4, 0.5) is 0 Å². The van der Waals surface area contributed by atoms with Gasteiger partial charge in [-0.1, -0.05) is 0 Å². The Kier molecular flexibility index (Phi) is 7.47. The highest BCUT2D eigenvalue weighted by Crippen LogP contribution is 2.37. The van der Waals surface area contributed by atoms with Crippen molar-refractivity contribution in [1.82, 2.24) is 14.5 Å². The highest BCUT2D eigenvalue weighted by atomic mass is 32.2. The highest BCUT2D eigenvalue weighted by Gasteiger charge is 2.43. The van der Waals surface area contributed by atoms with E-state index in [0.717, 1.165) is 12.8 Å². The van der Waals surface area contributed by atoms with Crippen molar-refractivity contribution in [2.24, 2.45) is 0 Å². The molecule has 0 aliphatic carbocycles. The monoisotopic (exact) mass is 505 g/mol. The Morgan fingerprint density at radius 2 is 1.69 bits per heavy atom. The van der Waals surface area contributed by atoms with Crippen LogP contribution >= 0.6 is 0 Å². The van der Waals surface area contributed by atoms with Gasteiger partial charge >= 0.3 is 0 Å². The van der Waals surface area contributed by atoms with Gasteiger partial charge in [-0.3, -0.25) is 9.69 Å². The van der Waals surface area contributed by atoms with Crippen molar-refractivity contribution in [2.75, 3.05) is 21.2 Å². The first-order valence-electron chi connectivity index (χ1n) is 11.8. The molecule has 1 amide bonds. The SMILES string of the molecule is COc1cc(C)c(S(=O)(=O)N(C)Cc2cc(C(=O)NC3CC(C)(C)N(C)C(C)(C)C3)co2)c(C)c1. The van der Waals surface area contributed by atoms with Crippen molar-refractivity contribution in [3.63, 3.8) is 0 Å². The van der Waals surface area contributed by atoms with Crippen LogP contribution in [-0.4, -0.2) is 61.9 Å². The van der Waals surface area contributed by atoms with E-state index >= 15 is 0 Å². The number of carbonyl (C=O) groups excluding carboxylic acids is 1. The lowest BCUT2D eigenvalue weighted by molar-refractivity contribution is -0.0169. The van der Waals surface area contributed by atoms with Crippen molar-refractivity contribution < 1.29 is 22.4 Å². The van der Waals surface area contributed by atoms with E-state index < -0.39 is 10.0 Å². The van der Waals surface area contributed by atoms with Crippen LogP contribution in [0.5, 0.6) is 5.75 Å². The molecule has 1 saturated heterocycles. The minimum atomic E-state index is -3.78. The van der Waals surface area contributed by atoms with Gasteiger partial charge in [0.05, 0.1) is 24.1 Å². The van der Waals surface area contributed by atoms with Crippen LogP contribution in [0, 0.1) is 13.8 Å². The average Bonchev–Trinajstić information content (AvgIpc) is 3.19. The summed E-state index contributed by atoms with van der Waals surface area (Å²) >= 11 is 0. The second-order valence-corrected chi connectivity index (χ2v) is 12.9. The van der Waals surface area contributed by atoms with E-state index in [1.54, 1.807) is 39.2 Å². The van der Waals surface area contributed by atoms with Crippen LogP contribution in [-0.2, 0) is 16.6 Å². The maximum atomic E-state index is 13.3. The van der Waals surface area contributed by atoms with Gasteiger partial charge in [0.2, 0.25) is 10.0 Å². The lowest BCUT2D eigenvalue weighted by Gasteiger charge is -2.53. The molecule has 1 fully saturated rings. The van der Waals surface area contributed by atoms with Crippen LogP contribution in [0.2, 0.25) is 0 Å². The van der Waals surface area contributed by atoms with Crippen molar-refractivity contribution >= 4 is 15.9 Å². The summed E-state index contributed by atoms with van der Waals surface area (Å²) < 4.78 is 38.6. The van der Waals surface area contributed by atoms with E-state index in [2.05, 4.69) is 45.0 Å². The minimum Gasteiger partial charge on any atom is -0.497 e. The number of benzene rings is 1. The number of furan rings is 1. The number of aryl methyl sites for hydroxylation is 2. The molecule has 194 valence electrons. The summed E-state index contributed by atoms with van der Waals surface area (Å²) in [5.74, 6) is 0.794. The maximum absolute atomic E-state index is 13.3. The normalized spacial score (nSPS) is 18.6. The number of hydrogen-bond donors (Lipinski definition) is 1. The Bertz CT molecular complexity index is 1160. The molecule has 9 heteroatoms. The fourth-order valence-corrected chi connectivity index (χ4v) is 6.76. The number of carbonyl (C=O) groups is 1. The van der Waals surface area contributed by atoms with Gasteiger partial charge in [-0.25, -0.2) is 8.42 Å². The number of likely N-dealkylation sites (tertiary alicyclic amines) is 1. The number of methoxy groups -OCH3 is 1. The third-order valence-corrected chi connectivity index (χ3v) is 9.38. The lowest BCUT2D eigenvalue weighted by atomic mass is 9.77. The van der Waals surface area contributed by atoms with E-state index in [-0.39, 0.29) is 34.5 Å². The Morgan fingerprint density at radius 3 is 2.20 bits per heavy atom. The molecule has 35 heavy (non-hydrogen) atoms. The zero-order valence-corrected chi connectivity index (χ0v) is 23.2. The number of nitrogens with one attached hydrogen (secondary N) is 1. The number of sulfonamides is 1. The van der Waals surface area contributed by atoms with Gasteiger partial charge in [0.15, 0.2) is 0 Å². The highest BCUT2D eigenvalue weighted by molar-refractivity contribution is 7.89. The molecule has 0 bridgehead atoms. The Morgan fingerprint density at radius 1 is 1.14 bits per heavy atom. The number of ether oxygens (including phenoxy) is 1. The van der Waals surface area contributed by atoms with Crippen LogP contribution in [0.25, 0.3) is 0 Å². The largest absolute Gasteiger partial charge is 0.497 e. The Hall–Kier alpha value is -2.36. The molecule has 0 unspecified atom stereocenters. The standard InChI is InChI=1S/C26H39N3O5S/c1-17-10-21(33-9)11-18(2)23(17)35(31,32)28(7)15-22-12-19(16-34-22)24(30)27-20-13-25(3,4)29(8)26(5,6)14-20/h10-12,16,20H,13-15H2,1-9H3,(H,27,30). The molecule has 1 aliphatic rings. The molecule has 1 N–H and O–H groups in total. The number of rotatable bonds is 7. The molecule has 0 spiro atoms. The summed E-state index contributed by atoms with van der Waals surface area (Å²) in [5.41, 5.74) is 1.51. The van der Waals surface area contributed by atoms with Gasteiger partial charge in [-0.2, -0.15) is 4.31 Å². The van der Waals surface area contributed by atoms with E-state index in [0.29, 0.717) is 28.2 Å². The van der Waals surface area contributed by atoms with Gasteiger partial charge in [-0.05, 0) is 90.8 Å². The fraction of sp³-hybridized carbons (Fsp3) is 0.577. The maximum Gasteiger partial charge on any atom is 0.254 e. The molecule has 1 aromatic carbocycles. The van der Waals surface area contributed by atoms with Crippen molar-refractivity contribution in [2.45, 2.75) is 82.9 Å². The predicted molar refractivity (Wildman–Crippen MR) is 136 cm³/mol. The summed E-state index contributed by atoms with van der Waals surface area (Å²) in [6, 6.07) is 5.05. The molecular formula is C26H39N3O5S. The van der Waals surface area contributed by atoms with Crippen molar-refractivity contribution in [1.29, 1.82) is 0 Å². The average molecular weight is 506 g/mol. The van der Waals surface area contributed by atoms with E-state index in [9.17, 15) is 13.2 Å². The quantitative estimate of drug-likeness (QED) is 0.609. The topological polar surface area (TPSA) is 92.1 Å². The number of nitrogens with zero attached hydrogens (tertiary/aromatic N) is 2. The number of piperidine rings is 1. The van der Waals surface area contributed by atoms with Crippen molar-refractivity contribution in [3.05, 3.63) is 46.9 Å². The smallest absolute Gasteiger partial charge is 0.254 e. The Balaban J connectivity index is 1.72. The molecule has 0 saturated carbocycles. The first-order valence-corrected chi connectivity index (χ1v) is 13.3. The summed E-state index contributed by atoms with van der Waals surface area (Å²) in [6.45, 7) is 12.2. The summed E-state index contributed by atoms with van der Waals surface area (Å²) in [4.78, 5) is 15.6. The number of hydrogen-bond acceptors (Lipinski definition) is 6. The van der Waals surface area contributed by atoms with Crippen LogP contribution in [0.15, 0.2) is 33.8 Å². The third kappa shape index (κ3) is 5.57. The molecule has 2 aromatic rings. The lowest BCUT2D eigenvalue weighted by Crippen LogP contribution is -2.62. The fourth-order valence-electron chi connectivity index (χ4n) is 5.22. The second kappa shape index (κ2) is 9.59. The van der Waals surface area contributed by atoms with Gasteiger partial charge < -0.3 is 14.5 Å². The summed E-state index contributed by atoms with van der Waals surface area (Å²) in [6.07, 6.45) is 3.07. The molecule has 8 nitrogen and oxygen atoms in total. The van der Waals surface area contributed by atoms with E-state index in [4.69, 9.17) is 9.15 Å². The van der Waals surface area contributed by atoms with Crippen LogP contribution in [0.3, 0.4) is 0 Å². The molecule has 1 aromatic heterocycles. The summed E-state index contributed by atoms with van der Waals surface area (Å²) in [5, 5.41) is 3.15. The molecule has 2 heterocycles. The number of amides is 1. The van der Waals surface area contributed by atoms with Gasteiger partial charge in [0.25, 0.3) is 5.91 Å². The van der Waals surface area contributed by atoms with Crippen LogP contribution in [0.1, 0.15) is 67.8 Å². The Labute approximate surface area is 209 Å². The van der Waals surface area contributed by atoms with E-state index in [1.165, 1.54) is 17.6 Å². The first-order chi connectivity index (χ1) is 16.1. The molecule has 0 atom stereocenters. The molecular weight excluding hydrogens is 466 g/mol. The van der Waals surface area contributed by atoms with Crippen molar-refractivity contribution in [3.8, 4) is 5.75 Å². The van der Waals surface area contributed by atoms with Gasteiger partial charge in [0, 0.05) is 24.2 Å². The molecule has 1 aliphatic heterocycles. The zero-order chi connectivity index (χ0) is 26.3. The molecule has 0 radical (unpaired) electrons. The summed E-state index contributed by atoms with van der Waals surface area (Å²) in [7, 11) is 1.40. The first kappa shape index (κ1) is 27.2. The van der Waals surface area contributed by atoms with Gasteiger partial charge in [-0.15, -0.1) is 0 Å². The molecule has 3 rings (SSSR count). The second-order valence-electron chi connectivity index (χ2n) is 10.9. The zero-order valence-electron chi connectivity index (χ0n) is 22.4. The van der Waals surface area contributed by atoms with Crippen LogP contribution < -0.4 is 10.1 Å². The predicted octanol–water partition coefficient (Wildman–Crippen LogP) is 4.11. The van der Waals surface area contributed by atoms with Gasteiger partial charge in [0.1, 0.15) is 17.8 Å². The minimum absolute atomic E-state index is 0.00874.